The average molecular weight is 511 g/mol. The molecule has 0 spiro atoms. The van der Waals surface area contributed by atoms with Crippen molar-refractivity contribution < 1.29 is 54.7 Å². The third-order valence-corrected chi connectivity index (χ3v) is 6.71. The zero-order chi connectivity index (χ0) is 25.8. The van der Waals surface area contributed by atoms with Crippen LogP contribution in [0.2, 0.25) is 0 Å². The van der Waals surface area contributed by atoms with E-state index in [4.69, 9.17) is 18.9 Å². The third kappa shape index (κ3) is 9.42. The van der Waals surface area contributed by atoms with E-state index in [0.29, 0.717) is 6.61 Å². The lowest BCUT2D eigenvalue weighted by Crippen LogP contribution is -2.63. The Bertz CT molecular complexity index is 552. The molecule has 11 heteroatoms. The van der Waals surface area contributed by atoms with Gasteiger partial charge in [-0.25, -0.2) is 0 Å². The SMILES string of the molecule is CCCCCCCCCCCCOC[C@H]1O[C@H](O[C@H]2O[C@H](CO)[C@@H](O)[C@H](O)[C@H]2O)[C@H](O)[C@@H](O)[C@@H]1O. The van der Waals surface area contributed by atoms with Gasteiger partial charge in [-0.1, -0.05) is 64.7 Å². The first-order valence-electron chi connectivity index (χ1n) is 13.0. The predicted molar refractivity (Wildman–Crippen MR) is 124 cm³/mol. The van der Waals surface area contributed by atoms with Crippen molar-refractivity contribution in [3.8, 4) is 0 Å². The van der Waals surface area contributed by atoms with Gasteiger partial charge in [0.2, 0.25) is 0 Å². The summed E-state index contributed by atoms with van der Waals surface area (Å²) in [5.74, 6) is 0. The average Bonchev–Trinajstić information content (AvgIpc) is 2.85. The number of hydrogen-bond acceptors (Lipinski definition) is 11. The van der Waals surface area contributed by atoms with Crippen molar-refractivity contribution in [2.45, 2.75) is 133 Å². The van der Waals surface area contributed by atoms with E-state index in [9.17, 15) is 35.7 Å². The van der Waals surface area contributed by atoms with Crippen molar-refractivity contribution in [1.82, 2.24) is 0 Å². The Morgan fingerprint density at radius 1 is 0.571 bits per heavy atom. The molecular weight excluding hydrogens is 464 g/mol. The molecule has 2 fully saturated rings. The maximum Gasteiger partial charge on any atom is 0.189 e. The lowest BCUT2D eigenvalue weighted by molar-refractivity contribution is -0.377. The Morgan fingerprint density at radius 3 is 1.54 bits per heavy atom. The summed E-state index contributed by atoms with van der Waals surface area (Å²) in [6, 6.07) is 0. The van der Waals surface area contributed by atoms with Crippen LogP contribution in [0, 0.1) is 0 Å². The van der Waals surface area contributed by atoms with E-state index in [1.807, 2.05) is 0 Å². The van der Waals surface area contributed by atoms with Gasteiger partial charge in [0.15, 0.2) is 12.6 Å². The topological polar surface area (TPSA) is 179 Å². The molecule has 2 rings (SSSR count). The van der Waals surface area contributed by atoms with Gasteiger partial charge >= 0.3 is 0 Å². The first-order valence-corrected chi connectivity index (χ1v) is 13.0. The molecule has 208 valence electrons. The number of unbranched alkanes of at least 4 members (excludes halogenated alkanes) is 9. The van der Waals surface area contributed by atoms with Gasteiger partial charge in [0, 0.05) is 6.61 Å². The van der Waals surface area contributed by atoms with Crippen LogP contribution in [0.4, 0.5) is 0 Å². The molecule has 2 aliphatic heterocycles. The Kier molecular flexibility index (Phi) is 14.4. The van der Waals surface area contributed by atoms with Gasteiger partial charge in [-0.05, 0) is 6.42 Å². The highest BCUT2D eigenvalue weighted by Crippen LogP contribution is 2.28. The van der Waals surface area contributed by atoms with Crippen molar-refractivity contribution in [1.29, 1.82) is 0 Å². The zero-order valence-electron chi connectivity index (χ0n) is 20.7. The smallest absolute Gasteiger partial charge is 0.189 e. The number of ether oxygens (including phenoxy) is 4. The van der Waals surface area contributed by atoms with E-state index in [-0.39, 0.29) is 6.61 Å². The summed E-state index contributed by atoms with van der Waals surface area (Å²) in [4.78, 5) is 0. The minimum atomic E-state index is -1.70. The molecule has 0 aromatic carbocycles. The van der Waals surface area contributed by atoms with Crippen LogP contribution >= 0.6 is 0 Å². The molecule has 10 atom stereocenters. The summed E-state index contributed by atoms with van der Waals surface area (Å²) in [5, 5.41) is 69.9. The standard InChI is InChI=1S/C24H46O11/c1-2-3-4-5-6-7-8-9-10-11-12-32-14-16-18(27)20(29)22(31)24(34-16)35-23-21(30)19(28)17(26)15(13-25)33-23/h15-31H,2-14H2,1H3/t15-,16-,17-,18-,19+,20+,21-,22-,23-,24-/m1/s1. The number of rotatable bonds is 16. The maximum absolute atomic E-state index is 10.3. The van der Waals surface area contributed by atoms with E-state index < -0.39 is 68.0 Å². The first-order chi connectivity index (χ1) is 16.8. The fourth-order valence-corrected chi connectivity index (χ4v) is 4.37. The quantitative estimate of drug-likeness (QED) is 0.134. The Labute approximate surface area is 207 Å². The Morgan fingerprint density at radius 2 is 1.03 bits per heavy atom. The number of aliphatic hydroxyl groups is 7. The van der Waals surface area contributed by atoms with Crippen LogP contribution in [0.25, 0.3) is 0 Å². The largest absolute Gasteiger partial charge is 0.394 e. The molecule has 0 radical (unpaired) electrons. The molecule has 0 amide bonds. The molecule has 0 bridgehead atoms. The summed E-state index contributed by atoms with van der Waals surface area (Å²) in [6.07, 6.45) is -2.93. The van der Waals surface area contributed by atoms with Crippen LogP contribution in [0.5, 0.6) is 0 Å². The summed E-state index contributed by atoms with van der Waals surface area (Å²) in [5.41, 5.74) is 0. The summed E-state index contributed by atoms with van der Waals surface area (Å²) in [6.45, 7) is 1.98. The lowest BCUT2D eigenvalue weighted by Gasteiger charge is -2.44. The molecule has 2 heterocycles. The molecule has 2 saturated heterocycles. The maximum atomic E-state index is 10.3. The minimum absolute atomic E-state index is 0.0447. The van der Waals surface area contributed by atoms with E-state index in [1.54, 1.807) is 0 Å². The normalized spacial score (nSPS) is 38.1. The van der Waals surface area contributed by atoms with Crippen molar-refractivity contribution in [2.24, 2.45) is 0 Å². The van der Waals surface area contributed by atoms with Gasteiger partial charge in [-0.2, -0.15) is 0 Å². The highest BCUT2D eigenvalue weighted by Gasteiger charge is 2.49. The number of hydrogen-bond donors (Lipinski definition) is 7. The van der Waals surface area contributed by atoms with Crippen molar-refractivity contribution >= 4 is 0 Å². The summed E-state index contributed by atoms with van der Waals surface area (Å²) >= 11 is 0. The molecule has 7 N–H and O–H groups in total. The molecule has 0 unspecified atom stereocenters. The van der Waals surface area contributed by atoms with Gasteiger partial charge in [0.25, 0.3) is 0 Å². The first kappa shape index (κ1) is 30.8. The fourth-order valence-electron chi connectivity index (χ4n) is 4.37. The highest BCUT2D eigenvalue weighted by molar-refractivity contribution is 4.92. The lowest BCUT2D eigenvalue weighted by atomic mass is 9.98. The highest BCUT2D eigenvalue weighted by atomic mass is 16.8. The van der Waals surface area contributed by atoms with E-state index in [1.165, 1.54) is 44.9 Å². The molecule has 0 aliphatic carbocycles. The van der Waals surface area contributed by atoms with E-state index in [2.05, 4.69) is 6.92 Å². The van der Waals surface area contributed by atoms with Crippen LogP contribution in [0.15, 0.2) is 0 Å². The molecule has 2 aliphatic rings. The predicted octanol–water partition coefficient (Wildman–Crippen LogP) is -0.452. The van der Waals surface area contributed by atoms with Crippen LogP contribution in [-0.2, 0) is 18.9 Å². The Hall–Kier alpha value is -0.440. The van der Waals surface area contributed by atoms with Crippen LogP contribution in [0.3, 0.4) is 0 Å². The van der Waals surface area contributed by atoms with E-state index >= 15 is 0 Å². The van der Waals surface area contributed by atoms with Gasteiger partial charge in [0.1, 0.15) is 48.8 Å². The van der Waals surface area contributed by atoms with E-state index in [0.717, 1.165) is 19.3 Å². The summed E-state index contributed by atoms with van der Waals surface area (Å²) < 4.78 is 21.8. The number of aliphatic hydroxyl groups excluding tert-OH is 7. The zero-order valence-corrected chi connectivity index (χ0v) is 20.7. The van der Waals surface area contributed by atoms with Crippen LogP contribution < -0.4 is 0 Å². The molecule has 11 nitrogen and oxygen atoms in total. The van der Waals surface area contributed by atoms with Crippen LogP contribution in [0.1, 0.15) is 71.1 Å². The fraction of sp³-hybridized carbons (Fsp3) is 1.00. The minimum Gasteiger partial charge on any atom is -0.394 e. The second-order valence-electron chi connectivity index (χ2n) is 9.60. The summed E-state index contributed by atoms with van der Waals surface area (Å²) in [7, 11) is 0. The van der Waals surface area contributed by atoms with Gasteiger partial charge in [-0.15, -0.1) is 0 Å². The molecule has 0 aromatic rings. The van der Waals surface area contributed by atoms with Crippen molar-refractivity contribution in [3.05, 3.63) is 0 Å². The van der Waals surface area contributed by atoms with Gasteiger partial charge in [0.05, 0.1) is 13.2 Å². The molecular formula is C24H46O11. The van der Waals surface area contributed by atoms with Crippen molar-refractivity contribution in [3.63, 3.8) is 0 Å². The molecule has 35 heavy (non-hydrogen) atoms. The molecule has 0 aromatic heterocycles. The van der Waals surface area contributed by atoms with Crippen molar-refractivity contribution in [2.75, 3.05) is 19.8 Å². The van der Waals surface area contributed by atoms with Crippen LogP contribution in [-0.4, -0.2) is 117 Å². The second kappa shape index (κ2) is 16.4. The Balaban J connectivity index is 1.70. The van der Waals surface area contributed by atoms with Gasteiger partial charge < -0.3 is 54.7 Å². The third-order valence-electron chi connectivity index (χ3n) is 6.71. The van der Waals surface area contributed by atoms with Gasteiger partial charge in [-0.3, -0.25) is 0 Å². The second-order valence-corrected chi connectivity index (χ2v) is 9.60. The monoisotopic (exact) mass is 510 g/mol. The molecule has 0 saturated carbocycles.